The number of aromatic nitrogens is 1. The van der Waals surface area contributed by atoms with Crippen molar-refractivity contribution >= 4 is 61.0 Å². The molecule has 48 heavy (non-hydrogen) atoms. The minimum Gasteiger partial charge on any atom is -0.309 e. The molecule has 0 fully saturated rings. The van der Waals surface area contributed by atoms with Crippen LogP contribution < -0.4 is 10.6 Å². The lowest BCUT2D eigenvalue weighted by molar-refractivity contribution is 0.591. The van der Waals surface area contributed by atoms with E-state index in [-0.39, 0.29) is 0 Å². The summed E-state index contributed by atoms with van der Waals surface area (Å²) in [5, 5.41) is 10.1. The van der Waals surface area contributed by atoms with Gasteiger partial charge in [-0.3, -0.25) is 0 Å². The third kappa shape index (κ3) is 4.73. The lowest BCUT2D eigenvalue weighted by Gasteiger charge is -2.22. The summed E-state index contributed by atoms with van der Waals surface area (Å²) in [6.07, 6.45) is 5.19. The first-order chi connectivity index (χ1) is 23.6. The Morgan fingerprint density at radius 3 is 1.96 bits per heavy atom. The van der Waals surface area contributed by atoms with Crippen molar-refractivity contribution in [1.82, 2.24) is 4.98 Å². The molecule has 0 saturated carbocycles. The average molecular weight is 634 g/mol. The Bertz CT molecular complexity index is 2620. The average Bonchev–Trinajstić information content (AvgIpc) is 3.16. The summed E-state index contributed by atoms with van der Waals surface area (Å²) in [4.78, 5) is 5.42. The summed E-state index contributed by atoms with van der Waals surface area (Å²) in [5.41, 5.74) is 5.04. The number of hydrogen-bond donors (Lipinski definition) is 0. The summed E-state index contributed by atoms with van der Waals surface area (Å²) in [5.74, 6) is 0. The van der Waals surface area contributed by atoms with E-state index in [0.717, 1.165) is 65.4 Å². The number of nitrogens with zero attached hydrogens (tertiary/aromatic N) is 1. The third-order valence-corrected chi connectivity index (χ3v) is 12.3. The van der Waals surface area contributed by atoms with Crippen molar-refractivity contribution in [2.45, 2.75) is 0 Å². The van der Waals surface area contributed by atoms with Crippen molar-refractivity contribution < 1.29 is 4.57 Å². The molecule has 0 saturated heterocycles. The molecule has 0 bridgehead atoms. The van der Waals surface area contributed by atoms with E-state index in [1.165, 1.54) is 10.8 Å². The van der Waals surface area contributed by atoms with Gasteiger partial charge in [-0.1, -0.05) is 171 Å². The third-order valence-electron chi connectivity index (χ3n) is 9.24. The molecule has 0 aliphatic rings. The van der Waals surface area contributed by atoms with E-state index in [0.29, 0.717) is 5.31 Å². The van der Waals surface area contributed by atoms with Crippen molar-refractivity contribution in [3.05, 3.63) is 188 Å². The van der Waals surface area contributed by atoms with Gasteiger partial charge in [0.25, 0.3) is 0 Å². The molecule has 3 heteroatoms. The van der Waals surface area contributed by atoms with Crippen molar-refractivity contribution in [3.63, 3.8) is 0 Å². The molecule has 2 nitrogen and oxygen atoms in total. The molecule has 1 atom stereocenters. The molecule has 1 unspecified atom stereocenters. The number of pyridine rings is 1. The highest BCUT2D eigenvalue weighted by Crippen LogP contribution is 2.53. The summed E-state index contributed by atoms with van der Waals surface area (Å²) in [6.45, 7) is 7.94. The van der Waals surface area contributed by atoms with Crippen molar-refractivity contribution in [1.29, 1.82) is 0 Å². The van der Waals surface area contributed by atoms with Crippen molar-refractivity contribution in [3.8, 4) is 22.4 Å². The standard InChI is InChI=1S/C45H32NOP/c1-3-16-34(4-2)48(47,35-21-9-6-10-22-35)36-23-15-20-33(29-36)41-30-42-43(39-26-14-13-25-38(39)41)40-28-27-31-17-11-12-24-37(31)45(40)46-44(42)32-18-7-5-8-19-32/h3-30H,1-2H2/b34-16+. The number of hydrogen-bond acceptors (Lipinski definition) is 2. The van der Waals surface area contributed by atoms with Gasteiger partial charge in [0.15, 0.2) is 7.14 Å². The van der Waals surface area contributed by atoms with Crippen molar-refractivity contribution in [2.24, 2.45) is 0 Å². The second-order valence-electron chi connectivity index (χ2n) is 11.9. The molecule has 0 aliphatic heterocycles. The molecule has 0 amide bonds. The maximum absolute atomic E-state index is 15.3. The molecule has 0 radical (unpaired) electrons. The smallest absolute Gasteiger partial charge is 0.171 e. The highest BCUT2D eigenvalue weighted by molar-refractivity contribution is 7.82. The van der Waals surface area contributed by atoms with Crippen LogP contribution in [-0.4, -0.2) is 4.98 Å². The van der Waals surface area contributed by atoms with Crippen LogP contribution in [-0.2, 0) is 4.57 Å². The van der Waals surface area contributed by atoms with Gasteiger partial charge < -0.3 is 4.57 Å². The predicted molar refractivity (Wildman–Crippen MR) is 207 cm³/mol. The fraction of sp³-hybridized carbons (Fsp3) is 0. The molecule has 1 heterocycles. The highest BCUT2D eigenvalue weighted by atomic mass is 31.2. The monoisotopic (exact) mass is 633 g/mol. The van der Waals surface area contributed by atoms with Crippen LogP contribution in [0.25, 0.3) is 65.6 Å². The SMILES string of the molecule is C=C/C=C(\C=C)P(=O)(c1ccccc1)c1cccc(-c2cc3c(-c4ccccc4)nc4c5ccccc5ccc4c3c3ccccc23)c1. The van der Waals surface area contributed by atoms with Gasteiger partial charge in [0.1, 0.15) is 0 Å². The van der Waals surface area contributed by atoms with Gasteiger partial charge in [-0.25, -0.2) is 4.98 Å². The lowest BCUT2D eigenvalue weighted by Crippen LogP contribution is -2.17. The summed E-state index contributed by atoms with van der Waals surface area (Å²) in [6, 6.07) is 52.1. The topological polar surface area (TPSA) is 30.0 Å². The second kappa shape index (κ2) is 12.1. The first-order valence-electron chi connectivity index (χ1n) is 16.1. The molecule has 8 aromatic rings. The van der Waals surface area contributed by atoms with E-state index >= 15 is 4.57 Å². The molecule has 228 valence electrons. The molecule has 0 aliphatic carbocycles. The Morgan fingerprint density at radius 1 is 0.562 bits per heavy atom. The van der Waals surface area contributed by atoms with E-state index in [2.05, 4.69) is 116 Å². The molecule has 7 aromatic carbocycles. The van der Waals surface area contributed by atoms with Gasteiger partial charge in [0.05, 0.1) is 11.2 Å². The first kappa shape index (κ1) is 29.6. The molecule has 1 aromatic heterocycles. The van der Waals surface area contributed by atoms with Gasteiger partial charge in [0.2, 0.25) is 0 Å². The fourth-order valence-corrected chi connectivity index (χ4v) is 9.71. The zero-order valence-corrected chi connectivity index (χ0v) is 27.3. The highest BCUT2D eigenvalue weighted by Gasteiger charge is 2.30. The van der Waals surface area contributed by atoms with E-state index < -0.39 is 7.14 Å². The summed E-state index contributed by atoms with van der Waals surface area (Å²) < 4.78 is 15.3. The van der Waals surface area contributed by atoms with Crippen LogP contribution in [0.3, 0.4) is 0 Å². The van der Waals surface area contributed by atoms with Crippen LogP contribution in [0.1, 0.15) is 0 Å². The lowest BCUT2D eigenvalue weighted by atomic mass is 9.89. The number of allylic oxidation sites excluding steroid dienone is 4. The van der Waals surface area contributed by atoms with Gasteiger partial charge in [-0.15, -0.1) is 0 Å². The number of benzene rings is 7. The van der Waals surface area contributed by atoms with Gasteiger partial charge in [-0.2, -0.15) is 0 Å². The zero-order chi connectivity index (χ0) is 32.7. The van der Waals surface area contributed by atoms with E-state index in [1.807, 2.05) is 54.6 Å². The quantitative estimate of drug-likeness (QED) is 0.0993. The van der Waals surface area contributed by atoms with E-state index in [9.17, 15) is 0 Å². The summed E-state index contributed by atoms with van der Waals surface area (Å²) in [7, 11) is -3.26. The van der Waals surface area contributed by atoms with E-state index in [4.69, 9.17) is 4.98 Å². The van der Waals surface area contributed by atoms with E-state index in [1.54, 1.807) is 12.2 Å². The minimum atomic E-state index is -3.26. The number of rotatable bonds is 7. The van der Waals surface area contributed by atoms with Crippen LogP contribution in [0, 0.1) is 0 Å². The fourth-order valence-electron chi connectivity index (χ4n) is 7.03. The van der Waals surface area contributed by atoms with Crippen LogP contribution in [0.4, 0.5) is 0 Å². The van der Waals surface area contributed by atoms with Crippen LogP contribution in [0.15, 0.2) is 188 Å². The van der Waals surface area contributed by atoms with Gasteiger partial charge in [0, 0.05) is 43.0 Å². The van der Waals surface area contributed by atoms with Crippen LogP contribution in [0.5, 0.6) is 0 Å². The predicted octanol–water partition coefficient (Wildman–Crippen LogP) is 11.6. The Morgan fingerprint density at radius 2 is 1.21 bits per heavy atom. The summed E-state index contributed by atoms with van der Waals surface area (Å²) >= 11 is 0. The normalized spacial score (nSPS) is 13.1. The minimum absolute atomic E-state index is 0.651. The Hall–Kier alpha value is -5.82. The Kier molecular flexibility index (Phi) is 7.44. The maximum Gasteiger partial charge on any atom is 0.171 e. The molecular formula is C45H32NOP. The molecular weight excluding hydrogens is 601 g/mol. The van der Waals surface area contributed by atoms with Crippen LogP contribution >= 0.6 is 7.14 Å². The zero-order valence-electron chi connectivity index (χ0n) is 26.4. The Balaban J connectivity index is 1.47. The largest absolute Gasteiger partial charge is 0.309 e. The first-order valence-corrected chi connectivity index (χ1v) is 17.8. The van der Waals surface area contributed by atoms with Crippen molar-refractivity contribution in [2.75, 3.05) is 0 Å². The van der Waals surface area contributed by atoms with Crippen LogP contribution in [0.2, 0.25) is 0 Å². The second-order valence-corrected chi connectivity index (χ2v) is 14.7. The molecule has 0 spiro atoms. The van der Waals surface area contributed by atoms with Gasteiger partial charge >= 0.3 is 0 Å². The number of fused-ring (bicyclic) bond motifs is 7. The maximum atomic E-state index is 15.3. The Labute approximate surface area is 280 Å². The molecule has 0 N–H and O–H groups in total. The molecule has 8 rings (SSSR count). The van der Waals surface area contributed by atoms with Gasteiger partial charge in [-0.05, 0) is 39.4 Å².